The largest absolute Gasteiger partial charge is 0.466 e. The predicted octanol–water partition coefficient (Wildman–Crippen LogP) is 2.36. The average Bonchev–Trinajstić information content (AvgIpc) is 2.71. The Morgan fingerprint density at radius 2 is 2.25 bits per heavy atom. The third kappa shape index (κ3) is 2.10. The van der Waals surface area contributed by atoms with Crippen LogP contribution >= 0.6 is 11.6 Å². The molecule has 1 heterocycles. The minimum atomic E-state index is -1.24. The zero-order valence-corrected chi connectivity index (χ0v) is 12.0. The Balaban J connectivity index is 2.42. The maximum absolute atomic E-state index is 13.3. The van der Waals surface area contributed by atoms with E-state index in [2.05, 4.69) is 5.16 Å². The summed E-state index contributed by atoms with van der Waals surface area (Å²) in [5.74, 6) is -1.58. The number of nitrogen functional groups attached to an aromatic ring is 1. The molecule has 5 nitrogen and oxygen atoms in total. The fourth-order valence-electron chi connectivity index (χ4n) is 2.02. The minimum absolute atomic E-state index is 0.0500. The van der Waals surface area contributed by atoms with Gasteiger partial charge in [0.1, 0.15) is 5.82 Å². The van der Waals surface area contributed by atoms with Gasteiger partial charge in [0.2, 0.25) is 5.60 Å². The van der Waals surface area contributed by atoms with Crippen molar-refractivity contribution >= 4 is 29.0 Å². The van der Waals surface area contributed by atoms with Crippen LogP contribution in [0.15, 0.2) is 17.3 Å². The Morgan fingerprint density at radius 1 is 1.60 bits per heavy atom. The number of methoxy groups -OCH3 is 1. The normalized spacial score (nSPS) is 25.1. The van der Waals surface area contributed by atoms with Crippen LogP contribution in [0.3, 0.4) is 0 Å². The van der Waals surface area contributed by atoms with Gasteiger partial charge >= 0.3 is 5.97 Å². The van der Waals surface area contributed by atoms with Crippen LogP contribution < -0.4 is 5.73 Å². The molecule has 2 rings (SSSR count). The average molecular weight is 301 g/mol. The first-order chi connectivity index (χ1) is 9.31. The topological polar surface area (TPSA) is 73.9 Å². The molecular weight excluding hydrogens is 287 g/mol. The molecule has 1 aliphatic heterocycles. The molecule has 2 N–H and O–H groups in total. The van der Waals surface area contributed by atoms with Gasteiger partial charge in [-0.2, -0.15) is 0 Å². The molecule has 0 bridgehead atoms. The number of nitrogens with zero attached hydrogens (tertiary/aromatic N) is 1. The number of benzene rings is 1. The Hall–Kier alpha value is -1.82. The number of anilines is 1. The summed E-state index contributed by atoms with van der Waals surface area (Å²) in [5, 5.41) is 4.05. The van der Waals surface area contributed by atoms with E-state index in [4.69, 9.17) is 26.9 Å². The highest BCUT2D eigenvalue weighted by Crippen LogP contribution is 2.36. The molecule has 0 aromatic heterocycles. The van der Waals surface area contributed by atoms with Gasteiger partial charge in [-0.25, -0.2) is 9.18 Å². The van der Waals surface area contributed by atoms with Gasteiger partial charge in [-0.1, -0.05) is 23.7 Å². The van der Waals surface area contributed by atoms with Crippen LogP contribution in [0.25, 0.3) is 0 Å². The Bertz CT molecular complexity index is 606. The third-order valence-corrected chi connectivity index (χ3v) is 3.84. The Morgan fingerprint density at radius 3 is 2.85 bits per heavy atom. The summed E-state index contributed by atoms with van der Waals surface area (Å²) in [4.78, 5) is 17.0. The molecule has 2 atom stereocenters. The van der Waals surface area contributed by atoms with Crippen molar-refractivity contribution in [3.63, 3.8) is 0 Å². The molecule has 7 heteroatoms. The maximum Gasteiger partial charge on any atom is 0.353 e. The molecular formula is C13H14ClFN2O3. The van der Waals surface area contributed by atoms with Crippen molar-refractivity contribution in [1.29, 1.82) is 0 Å². The van der Waals surface area contributed by atoms with Crippen molar-refractivity contribution in [2.75, 3.05) is 12.8 Å². The smallest absolute Gasteiger partial charge is 0.353 e. The molecule has 0 aliphatic carbocycles. The maximum atomic E-state index is 13.3. The van der Waals surface area contributed by atoms with E-state index >= 15 is 0 Å². The second-order valence-corrected chi connectivity index (χ2v) is 5.15. The summed E-state index contributed by atoms with van der Waals surface area (Å²) in [5.41, 5.74) is 5.11. The number of hydrogen-bond donors (Lipinski definition) is 1. The fraction of sp³-hybridized carbons (Fsp3) is 0.385. The number of hydrogen-bond acceptors (Lipinski definition) is 5. The number of carbonyl (C=O) groups excluding carboxylic acids is 1. The number of halogens is 2. The molecule has 1 aliphatic rings. The summed E-state index contributed by atoms with van der Waals surface area (Å²) < 4.78 is 18.0. The molecule has 0 fully saturated rings. The first kappa shape index (κ1) is 14.6. The molecule has 0 saturated carbocycles. The second-order valence-electron chi connectivity index (χ2n) is 4.74. The highest BCUT2D eigenvalue weighted by molar-refractivity contribution is 6.34. The van der Waals surface area contributed by atoms with Gasteiger partial charge in [-0.3, -0.25) is 0 Å². The Kier molecular flexibility index (Phi) is 3.60. The first-order valence-corrected chi connectivity index (χ1v) is 6.28. The molecule has 0 spiro atoms. The zero-order valence-electron chi connectivity index (χ0n) is 11.2. The van der Waals surface area contributed by atoms with Crippen LogP contribution in [0.5, 0.6) is 0 Å². The van der Waals surface area contributed by atoms with Crippen molar-refractivity contribution in [1.82, 2.24) is 0 Å². The van der Waals surface area contributed by atoms with E-state index in [1.54, 1.807) is 13.8 Å². The molecule has 1 aromatic carbocycles. The standard InChI is InChI=1S/C13H14ClFN2O3/c1-6-11(17-20-13(6,2)12(18)19-3)7-4-10(16)9(15)5-8(7)14/h4-6H,16H2,1-3H3. The lowest BCUT2D eigenvalue weighted by molar-refractivity contribution is -0.167. The van der Waals surface area contributed by atoms with Crippen molar-refractivity contribution < 1.29 is 18.8 Å². The fourth-order valence-corrected chi connectivity index (χ4v) is 2.27. The van der Waals surface area contributed by atoms with Gasteiger partial charge in [0.25, 0.3) is 0 Å². The van der Waals surface area contributed by atoms with Crippen LogP contribution in [0.2, 0.25) is 5.02 Å². The van der Waals surface area contributed by atoms with Gasteiger partial charge in [-0.05, 0) is 19.1 Å². The minimum Gasteiger partial charge on any atom is -0.466 e. The van der Waals surface area contributed by atoms with Crippen molar-refractivity contribution in [3.8, 4) is 0 Å². The predicted molar refractivity (Wildman–Crippen MR) is 73.0 cm³/mol. The number of rotatable bonds is 2. The van der Waals surface area contributed by atoms with Gasteiger partial charge < -0.3 is 15.3 Å². The quantitative estimate of drug-likeness (QED) is 0.672. The summed E-state index contributed by atoms with van der Waals surface area (Å²) >= 11 is 6.01. The molecule has 0 radical (unpaired) electrons. The zero-order chi connectivity index (χ0) is 15.1. The second kappa shape index (κ2) is 4.94. The van der Waals surface area contributed by atoms with Crippen LogP contribution in [0.4, 0.5) is 10.1 Å². The van der Waals surface area contributed by atoms with E-state index in [9.17, 15) is 9.18 Å². The van der Waals surface area contributed by atoms with Gasteiger partial charge in [0.15, 0.2) is 0 Å². The summed E-state index contributed by atoms with van der Waals surface area (Å²) in [6, 6.07) is 2.48. The lowest BCUT2D eigenvalue weighted by Gasteiger charge is -2.23. The van der Waals surface area contributed by atoms with Crippen LogP contribution in [-0.2, 0) is 14.4 Å². The summed E-state index contributed by atoms with van der Waals surface area (Å²) in [6.45, 7) is 3.32. The van der Waals surface area contributed by atoms with Crippen molar-refractivity contribution in [3.05, 3.63) is 28.5 Å². The summed E-state index contributed by atoms with van der Waals surface area (Å²) in [7, 11) is 1.27. The van der Waals surface area contributed by atoms with Crippen LogP contribution in [-0.4, -0.2) is 24.4 Å². The molecule has 108 valence electrons. The summed E-state index contributed by atoms with van der Waals surface area (Å²) in [6.07, 6.45) is 0. The van der Waals surface area contributed by atoms with E-state index in [1.165, 1.54) is 13.2 Å². The number of ether oxygens (including phenoxy) is 1. The van der Waals surface area contributed by atoms with Crippen molar-refractivity contribution in [2.45, 2.75) is 19.4 Å². The number of esters is 1. The lowest BCUT2D eigenvalue weighted by atomic mass is 9.84. The highest BCUT2D eigenvalue weighted by Gasteiger charge is 2.50. The molecule has 2 unspecified atom stereocenters. The van der Waals surface area contributed by atoms with E-state index in [-0.39, 0.29) is 10.7 Å². The SMILES string of the molecule is COC(=O)C1(C)ON=C(c2cc(N)c(F)cc2Cl)C1C. The van der Waals surface area contributed by atoms with Gasteiger partial charge in [0.05, 0.1) is 29.4 Å². The van der Waals surface area contributed by atoms with E-state index in [1.807, 2.05) is 0 Å². The van der Waals surface area contributed by atoms with E-state index in [0.717, 1.165) is 6.07 Å². The van der Waals surface area contributed by atoms with Crippen molar-refractivity contribution in [2.24, 2.45) is 11.1 Å². The first-order valence-electron chi connectivity index (χ1n) is 5.90. The molecule has 0 saturated heterocycles. The third-order valence-electron chi connectivity index (χ3n) is 3.52. The number of carbonyl (C=O) groups is 1. The molecule has 1 aromatic rings. The number of nitrogens with two attached hydrogens (primary N) is 1. The van der Waals surface area contributed by atoms with E-state index in [0.29, 0.717) is 11.3 Å². The van der Waals surface area contributed by atoms with Crippen LogP contribution in [0.1, 0.15) is 19.4 Å². The van der Waals surface area contributed by atoms with Gasteiger partial charge in [0, 0.05) is 5.56 Å². The molecule has 20 heavy (non-hydrogen) atoms. The lowest BCUT2D eigenvalue weighted by Crippen LogP contribution is -2.43. The monoisotopic (exact) mass is 300 g/mol. The van der Waals surface area contributed by atoms with Crippen LogP contribution in [0, 0.1) is 11.7 Å². The Labute approximate surface area is 120 Å². The number of oxime groups is 1. The van der Waals surface area contributed by atoms with Gasteiger partial charge in [-0.15, -0.1) is 0 Å². The highest BCUT2D eigenvalue weighted by atomic mass is 35.5. The van der Waals surface area contributed by atoms with E-state index < -0.39 is 23.3 Å². The molecule has 0 amide bonds.